The summed E-state index contributed by atoms with van der Waals surface area (Å²) in [6.45, 7) is 5.42. The summed E-state index contributed by atoms with van der Waals surface area (Å²) in [4.78, 5) is 59.9. The quantitative estimate of drug-likeness (QED) is 0.139. The lowest BCUT2D eigenvalue weighted by Crippen LogP contribution is -2.57. The molecule has 0 aromatic heterocycles. The molecule has 0 radical (unpaired) electrons. The van der Waals surface area contributed by atoms with Gasteiger partial charge in [-0.05, 0) is 45.1 Å². The highest BCUT2D eigenvalue weighted by atomic mass is 16.4. The SMILES string of the molecule is CC(C)CC(N)C(=O)NC(CC(N)=O)C(=O)NC(CCCCN)C(=O)NC(C)C(=O)O. The number of carboxylic acids is 1. The van der Waals surface area contributed by atoms with Crippen LogP contribution in [0.15, 0.2) is 0 Å². The molecular weight excluding hydrogens is 408 g/mol. The van der Waals surface area contributed by atoms with E-state index in [0.29, 0.717) is 25.8 Å². The molecule has 0 bridgehead atoms. The molecule has 0 saturated heterocycles. The van der Waals surface area contributed by atoms with Gasteiger partial charge in [-0.25, -0.2) is 0 Å². The van der Waals surface area contributed by atoms with Gasteiger partial charge in [-0.2, -0.15) is 0 Å². The van der Waals surface area contributed by atoms with Crippen LogP contribution in [-0.2, 0) is 24.0 Å². The predicted molar refractivity (Wildman–Crippen MR) is 113 cm³/mol. The van der Waals surface area contributed by atoms with Gasteiger partial charge in [0.2, 0.25) is 23.6 Å². The van der Waals surface area contributed by atoms with E-state index >= 15 is 0 Å². The lowest BCUT2D eigenvalue weighted by Gasteiger charge is -2.24. The first-order valence-electron chi connectivity index (χ1n) is 10.3. The Morgan fingerprint density at radius 2 is 1.42 bits per heavy atom. The van der Waals surface area contributed by atoms with Crippen molar-refractivity contribution in [1.82, 2.24) is 16.0 Å². The average Bonchev–Trinajstić information content (AvgIpc) is 2.65. The van der Waals surface area contributed by atoms with E-state index in [-0.39, 0.29) is 12.3 Å². The number of hydrogen-bond donors (Lipinski definition) is 7. The van der Waals surface area contributed by atoms with Crippen molar-refractivity contribution < 1.29 is 29.1 Å². The molecule has 0 heterocycles. The molecule has 4 atom stereocenters. The number of unbranched alkanes of at least 4 members (excludes halogenated alkanes) is 1. The van der Waals surface area contributed by atoms with E-state index in [1.165, 1.54) is 6.92 Å². The number of hydrogen-bond acceptors (Lipinski definition) is 7. The summed E-state index contributed by atoms with van der Waals surface area (Å²) in [7, 11) is 0. The summed E-state index contributed by atoms with van der Waals surface area (Å²) in [5, 5.41) is 16.1. The van der Waals surface area contributed by atoms with E-state index < -0.39 is 60.2 Å². The lowest BCUT2D eigenvalue weighted by atomic mass is 10.0. The van der Waals surface area contributed by atoms with Crippen LogP contribution in [-0.4, -0.2) is 65.4 Å². The van der Waals surface area contributed by atoms with E-state index in [1.807, 2.05) is 13.8 Å². The Kier molecular flexibility index (Phi) is 13.0. The lowest BCUT2D eigenvalue weighted by molar-refractivity contribution is -0.142. The molecule has 178 valence electrons. The van der Waals surface area contributed by atoms with Crippen LogP contribution in [0.4, 0.5) is 0 Å². The highest BCUT2D eigenvalue weighted by molar-refractivity contribution is 5.96. The third kappa shape index (κ3) is 11.9. The first-order valence-corrected chi connectivity index (χ1v) is 10.3. The molecule has 0 aliphatic carbocycles. The molecule has 0 aliphatic rings. The van der Waals surface area contributed by atoms with Crippen LogP contribution < -0.4 is 33.2 Å². The van der Waals surface area contributed by atoms with Gasteiger partial charge in [0, 0.05) is 0 Å². The number of nitrogens with two attached hydrogens (primary N) is 3. The monoisotopic (exact) mass is 444 g/mol. The number of aliphatic carboxylic acids is 1. The Hall–Kier alpha value is -2.73. The number of carbonyl (C=O) groups is 5. The molecule has 0 aromatic rings. The highest BCUT2D eigenvalue weighted by Crippen LogP contribution is 2.06. The summed E-state index contributed by atoms with van der Waals surface area (Å²) in [6, 6.07) is -4.47. The number of rotatable bonds is 15. The van der Waals surface area contributed by atoms with Crippen molar-refractivity contribution in [2.75, 3.05) is 6.54 Å². The number of carboxylic acid groups (broad SMARTS) is 1. The molecule has 0 aliphatic heterocycles. The number of carbonyl (C=O) groups excluding carboxylic acids is 4. The van der Waals surface area contributed by atoms with Gasteiger partial charge in [0.1, 0.15) is 18.1 Å². The third-order valence-electron chi connectivity index (χ3n) is 4.41. The molecule has 0 fully saturated rings. The minimum Gasteiger partial charge on any atom is -0.480 e. The highest BCUT2D eigenvalue weighted by Gasteiger charge is 2.30. The van der Waals surface area contributed by atoms with Gasteiger partial charge in [-0.1, -0.05) is 13.8 Å². The van der Waals surface area contributed by atoms with E-state index in [0.717, 1.165) is 0 Å². The maximum absolute atomic E-state index is 12.7. The standard InChI is InChI=1S/C19H36N6O6/c1-10(2)8-12(21)16(27)25-14(9-15(22)26)18(29)24-13(6-4-5-7-20)17(28)23-11(3)19(30)31/h10-14H,4-9,20-21H2,1-3H3,(H2,22,26)(H,23,28)(H,24,29)(H,25,27)(H,30,31). The first kappa shape index (κ1) is 28.3. The maximum Gasteiger partial charge on any atom is 0.325 e. The topological polar surface area (TPSA) is 220 Å². The molecule has 0 saturated carbocycles. The first-order chi connectivity index (χ1) is 14.4. The molecule has 12 nitrogen and oxygen atoms in total. The molecule has 0 spiro atoms. The molecule has 10 N–H and O–H groups in total. The van der Waals surface area contributed by atoms with Crippen LogP contribution in [0.2, 0.25) is 0 Å². The second-order valence-electron chi connectivity index (χ2n) is 7.88. The fraction of sp³-hybridized carbons (Fsp3) is 0.737. The van der Waals surface area contributed by atoms with Crippen molar-refractivity contribution in [3.8, 4) is 0 Å². The van der Waals surface area contributed by atoms with Gasteiger partial charge in [0.25, 0.3) is 0 Å². The van der Waals surface area contributed by atoms with E-state index in [4.69, 9.17) is 22.3 Å². The molecular formula is C19H36N6O6. The Morgan fingerprint density at radius 1 is 0.871 bits per heavy atom. The number of amides is 4. The van der Waals surface area contributed by atoms with Gasteiger partial charge in [-0.3, -0.25) is 24.0 Å². The van der Waals surface area contributed by atoms with Crippen LogP contribution in [0.3, 0.4) is 0 Å². The molecule has 12 heteroatoms. The van der Waals surface area contributed by atoms with Crippen molar-refractivity contribution in [1.29, 1.82) is 0 Å². The van der Waals surface area contributed by atoms with Gasteiger partial charge in [0.15, 0.2) is 0 Å². The summed E-state index contributed by atoms with van der Waals surface area (Å²) < 4.78 is 0. The number of primary amides is 1. The van der Waals surface area contributed by atoms with Gasteiger partial charge >= 0.3 is 5.97 Å². The number of nitrogens with one attached hydrogen (secondary N) is 3. The molecule has 31 heavy (non-hydrogen) atoms. The second-order valence-corrected chi connectivity index (χ2v) is 7.88. The molecule has 4 unspecified atom stereocenters. The fourth-order valence-corrected chi connectivity index (χ4v) is 2.71. The van der Waals surface area contributed by atoms with Gasteiger partial charge < -0.3 is 38.3 Å². The van der Waals surface area contributed by atoms with E-state index in [1.54, 1.807) is 0 Å². The zero-order valence-electron chi connectivity index (χ0n) is 18.3. The van der Waals surface area contributed by atoms with Crippen LogP contribution in [0.1, 0.15) is 52.9 Å². The maximum atomic E-state index is 12.7. The predicted octanol–water partition coefficient (Wildman–Crippen LogP) is -2.08. The van der Waals surface area contributed by atoms with E-state index in [9.17, 15) is 24.0 Å². The average molecular weight is 445 g/mol. The van der Waals surface area contributed by atoms with Crippen LogP contribution in [0.25, 0.3) is 0 Å². The van der Waals surface area contributed by atoms with Crippen molar-refractivity contribution in [2.45, 2.75) is 77.0 Å². The van der Waals surface area contributed by atoms with Crippen LogP contribution in [0, 0.1) is 5.92 Å². The Labute approximate surface area is 182 Å². The van der Waals surface area contributed by atoms with Crippen molar-refractivity contribution in [3.05, 3.63) is 0 Å². The zero-order valence-corrected chi connectivity index (χ0v) is 18.3. The van der Waals surface area contributed by atoms with Crippen LogP contribution >= 0.6 is 0 Å². The normalized spacial score (nSPS) is 14.8. The largest absolute Gasteiger partial charge is 0.480 e. The minimum absolute atomic E-state index is 0.135. The van der Waals surface area contributed by atoms with Gasteiger partial charge in [-0.15, -0.1) is 0 Å². The summed E-state index contributed by atoms with van der Waals surface area (Å²) in [5.41, 5.74) is 16.5. The van der Waals surface area contributed by atoms with Crippen molar-refractivity contribution in [3.63, 3.8) is 0 Å². The summed E-state index contributed by atoms with van der Waals surface area (Å²) >= 11 is 0. The Bertz CT molecular complexity index is 641. The van der Waals surface area contributed by atoms with E-state index in [2.05, 4.69) is 16.0 Å². The Balaban J connectivity index is 5.35. The molecule has 0 rings (SSSR count). The third-order valence-corrected chi connectivity index (χ3v) is 4.41. The smallest absolute Gasteiger partial charge is 0.325 e. The Morgan fingerprint density at radius 3 is 1.90 bits per heavy atom. The minimum atomic E-state index is -1.33. The molecule has 0 aromatic carbocycles. The van der Waals surface area contributed by atoms with Crippen molar-refractivity contribution >= 4 is 29.6 Å². The fourth-order valence-electron chi connectivity index (χ4n) is 2.71. The van der Waals surface area contributed by atoms with Crippen molar-refractivity contribution in [2.24, 2.45) is 23.1 Å². The van der Waals surface area contributed by atoms with Crippen LogP contribution in [0.5, 0.6) is 0 Å². The molecule has 4 amide bonds. The summed E-state index contributed by atoms with van der Waals surface area (Å²) in [6.07, 6.45) is 1.13. The second kappa shape index (κ2) is 14.3. The zero-order chi connectivity index (χ0) is 24.1. The summed E-state index contributed by atoms with van der Waals surface area (Å²) in [5.74, 6) is -4.07. The van der Waals surface area contributed by atoms with Gasteiger partial charge in [0.05, 0.1) is 12.5 Å².